The van der Waals surface area contributed by atoms with E-state index in [2.05, 4.69) is 111 Å². The van der Waals surface area contributed by atoms with Gasteiger partial charge in [0.05, 0.1) is 25.2 Å². The lowest BCUT2D eigenvalue weighted by Gasteiger charge is -2.04. The van der Waals surface area contributed by atoms with E-state index in [-0.39, 0.29) is 65.4 Å². The number of phenolic OH excluding ortho intramolecular Hbond substituents is 6. The zero-order valence-electron chi connectivity index (χ0n) is 59.8. The van der Waals surface area contributed by atoms with Gasteiger partial charge in [-0.25, -0.2) is 0 Å². The van der Waals surface area contributed by atoms with Gasteiger partial charge in [0.1, 0.15) is 110 Å². The van der Waals surface area contributed by atoms with Crippen LogP contribution in [0.5, 0.6) is 34.5 Å². The highest BCUT2D eigenvalue weighted by Crippen LogP contribution is 2.36. The minimum absolute atomic E-state index is 0.227. The van der Waals surface area contributed by atoms with Crippen LogP contribution in [0.25, 0.3) is 64.6 Å². The number of phenols is 6. The Hall–Kier alpha value is -6.96. The van der Waals surface area contributed by atoms with Crippen molar-refractivity contribution in [3.05, 3.63) is 218 Å². The Morgan fingerprint density at radius 2 is 0.278 bits per heavy atom. The van der Waals surface area contributed by atoms with Crippen molar-refractivity contribution in [2.24, 2.45) is 0 Å². The number of rotatable bonds is 6. The first kappa shape index (κ1) is 99.0. The van der Waals surface area contributed by atoms with Gasteiger partial charge in [-0.1, -0.05) is 109 Å². The average Bonchev–Trinajstić information content (AvgIpc) is 0.852. The lowest BCUT2D eigenvalue weighted by molar-refractivity contribution is -0.175. The molecule has 12 aromatic rings. The van der Waals surface area contributed by atoms with Crippen LogP contribution in [0.2, 0.25) is 0 Å². The molecule has 0 aliphatic carbocycles. The van der Waals surface area contributed by atoms with E-state index in [0.29, 0.717) is 34.5 Å². The second-order valence-corrected chi connectivity index (χ2v) is 36.9. The summed E-state index contributed by atoms with van der Waals surface area (Å²) in [4.78, 5) is 58.1. The molecule has 0 heterocycles. The summed E-state index contributed by atoms with van der Waals surface area (Å²) in [6.45, 7) is 0. The molecule has 6 unspecified atom stereocenters. The molecule has 0 spiro atoms. The summed E-state index contributed by atoms with van der Waals surface area (Å²) in [7, 11) is -20.4. The number of hydrogen-bond acceptors (Lipinski definition) is 18. The van der Waals surface area contributed by atoms with Gasteiger partial charge in [-0.05, 0) is 137 Å². The van der Waals surface area contributed by atoms with Gasteiger partial charge in [-0.2, -0.15) is 0 Å². The third-order valence-corrected chi connectivity index (χ3v) is 21.2. The molecule has 6 atom stereocenters. The van der Waals surface area contributed by atoms with Crippen LogP contribution in [-0.4, -0.2) is 106 Å². The van der Waals surface area contributed by atoms with E-state index in [0.717, 1.165) is 32.3 Å². The summed E-state index contributed by atoms with van der Waals surface area (Å²) >= 11 is 0. The highest BCUT2D eigenvalue weighted by molar-refractivity contribution is 7.97. The van der Waals surface area contributed by atoms with E-state index in [1.165, 1.54) is 61.7 Å². The molecule has 0 amide bonds. The first-order chi connectivity index (χ1) is 50.6. The molecule has 576 valence electrons. The quantitative estimate of drug-likeness (QED) is 0.0511. The molecule has 108 heavy (non-hydrogen) atoms. The van der Waals surface area contributed by atoms with Gasteiger partial charge < -0.3 is 60.0 Å². The molecule has 0 aliphatic heterocycles. The molecule has 0 saturated heterocycles. The van der Waals surface area contributed by atoms with Crippen LogP contribution in [0, 0.1) is 0 Å². The molecular formula is C72H78F6O18P6S6+6. The summed E-state index contributed by atoms with van der Waals surface area (Å²) in [6, 6.07) is 70.7. The van der Waals surface area contributed by atoms with Crippen LogP contribution in [-0.2, 0) is 92.8 Å². The Bertz CT molecular complexity index is 4120. The van der Waals surface area contributed by atoms with Crippen molar-refractivity contribution < 1.29 is 113 Å². The maximum Gasteiger partial charge on any atom is 0.540 e. The van der Waals surface area contributed by atoms with E-state index in [1.807, 2.05) is 146 Å². The Morgan fingerprint density at radius 1 is 0.194 bits per heavy atom. The van der Waals surface area contributed by atoms with Gasteiger partial charge >= 0.3 is 50.0 Å². The number of halogens is 6. The minimum Gasteiger partial charge on any atom is -0.562 e. The molecular weight excluding hydrogens is 1650 g/mol. The molecule has 0 aromatic heterocycles. The number of fused-ring (bicyclic) bond motifs is 6. The van der Waals surface area contributed by atoms with Crippen LogP contribution in [0.4, 0.5) is 25.2 Å². The van der Waals surface area contributed by atoms with E-state index in [9.17, 15) is 55.8 Å². The van der Waals surface area contributed by atoms with Crippen molar-refractivity contribution >= 4 is 180 Å². The zero-order chi connectivity index (χ0) is 82.2. The van der Waals surface area contributed by atoms with Gasteiger partial charge in [0.25, 0.3) is 0 Å². The van der Waals surface area contributed by atoms with Crippen LogP contribution in [0.15, 0.2) is 248 Å². The summed E-state index contributed by atoms with van der Waals surface area (Å²) < 4.78 is 110. The van der Waals surface area contributed by atoms with Crippen LogP contribution < -0.4 is 29.4 Å². The Labute approximate surface area is 645 Å². The molecule has 12 aromatic carbocycles. The number of hydrogen-bond donors (Lipinski definition) is 6. The van der Waals surface area contributed by atoms with Gasteiger partial charge in [0, 0.05) is 130 Å². The van der Waals surface area contributed by atoms with Crippen molar-refractivity contribution in [1.29, 1.82) is 0 Å². The normalized spacial score (nSPS) is 11.1. The molecule has 0 radical (unpaired) electrons. The fraction of sp³-hybridized carbons (Fsp3) is 0.167. The molecule has 0 aliphatic rings. The van der Waals surface area contributed by atoms with Gasteiger partial charge in [0.2, 0.25) is 0 Å². The highest BCUT2D eigenvalue weighted by Gasteiger charge is 2.20. The van der Waals surface area contributed by atoms with E-state index in [1.54, 1.807) is 36.4 Å². The summed E-state index contributed by atoms with van der Waals surface area (Å²) in [5.41, 5.74) is 0. The lowest BCUT2D eigenvalue weighted by Crippen LogP contribution is -1.96. The van der Waals surface area contributed by atoms with Crippen molar-refractivity contribution in [2.75, 3.05) is 75.1 Å². The molecule has 0 saturated carbocycles. The maximum absolute atomic E-state index is 9.95. The largest absolute Gasteiger partial charge is 0.562 e. The van der Waals surface area contributed by atoms with Crippen molar-refractivity contribution in [3.8, 4) is 34.5 Å². The summed E-state index contributed by atoms with van der Waals surface area (Å²) in [5.74, 6) is 2.22. The first-order valence-electron chi connectivity index (χ1n) is 30.1. The third-order valence-electron chi connectivity index (χ3n) is 13.8. The predicted octanol–water partition coefficient (Wildman–Crippen LogP) is 16.5. The average molecular weight is 1720 g/mol. The van der Waals surface area contributed by atoms with E-state index in [4.69, 9.17) is 56.8 Å². The minimum atomic E-state index is -3.62. The Balaban J connectivity index is 0.000000610. The molecule has 0 fully saturated rings. The molecule has 18 nitrogen and oxygen atoms in total. The molecule has 0 bridgehead atoms. The van der Waals surface area contributed by atoms with Crippen molar-refractivity contribution in [1.82, 2.24) is 0 Å². The van der Waals surface area contributed by atoms with Crippen LogP contribution in [0.3, 0.4) is 0 Å². The first-order valence-corrected chi connectivity index (χ1v) is 48.8. The van der Waals surface area contributed by atoms with Gasteiger partial charge in [0.15, 0.2) is 29.4 Å². The van der Waals surface area contributed by atoms with Gasteiger partial charge in [-0.15, -0.1) is 0 Å². The zero-order valence-corrected chi connectivity index (χ0v) is 70.0. The Morgan fingerprint density at radius 3 is 0.361 bits per heavy atom. The highest BCUT2D eigenvalue weighted by atomic mass is 32.2. The van der Waals surface area contributed by atoms with Crippen LogP contribution >= 0.6 is 50.0 Å². The molecule has 36 heteroatoms. The smallest absolute Gasteiger partial charge is 0.540 e. The molecule has 12 rings (SSSR count). The summed E-state index contributed by atoms with van der Waals surface area (Å²) in [6.07, 6.45) is 26.3. The maximum atomic E-state index is 9.95. The van der Waals surface area contributed by atoms with E-state index < -0.39 is 50.0 Å². The number of aromatic hydroxyl groups is 6. The fourth-order valence-corrected chi connectivity index (χ4v) is 15.4. The topological polar surface area (TPSA) is 362 Å². The lowest BCUT2D eigenvalue weighted by atomic mass is 10.1. The third kappa shape index (κ3) is 36.7. The van der Waals surface area contributed by atoms with Gasteiger partial charge in [-0.3, -0.25) is 0 Å². The predicted molar refractivity (Wildman–Crippen MR) is 431 cm³/mol. The fourth-order valence-electron chi connectivity index (χ4n) is 9.67. The second-order valence-electron chi connectivity index (χ2n) is 21.9. The van der Waals surface area contributed by atoms with Crippen molar-refractivity contribution in [3.63, 3.8) is 0 Å². The van der Waals surface area contributed by atoms with Crippen molar-refractivity contribution in [2.45, 2.75) is 29.4 Å². The molecule has 6 N–H and O–H groups in total. The summed E-state index contributed by atoms with van der Waals surface area (Å²) in [5, 5.41) is 70.8. The second kappa shape index (κ2) is 52.3. The SMILES string of the molecule is C[S+](C)c1ccc(O)c2ccccc12.C[S+](C)c1ccc(O)c2ccccc12.C[S+](C)c1ccc(O)c2ccccc12.C[S+](C)c1ccc(O)c2ccccc12.C[S+](C)c1ccc(O)c2ccccc12.C[S+](C)c1ccc(O)c2ccccc12.O=[P+]([O-])F.O=[P+]([O-])F.O=[P+]([O-])F.O=[P+]([O-])F.O=[P+]([O-])F.O=[P+]([O-])F. The Kier molecular flexibility index (Phi) is 47.9. The number of benzene rings is 12. The van der Waals surface area contributed by atoms with Crippen LogP contribution in [0.1, 0.15) is 0 Å². The van der Waals surface area contributed by atoms with E-state index >= 15 is 0 Å². The monoisotopic (exact) mass is 1720 g/mol. The standard InChI is InChI=1S/6C12H12OS.6FO2P/c6*1-14(2)12-8-7-11(13)9-5-3-4-6-10(9)12;6*1-4(2)3/h6*3-8H,1-2H3;;;;;;/p+6.